The molecule has 0 radical (unpaired) electrons. The fourth-order valence-electron chi connectivity index (χ4n) is 2.94. The number of aryl methyl sites for hydroxylation is 2. The molecule has 25 heavy (non-hydrogen) atoms. The van der Waals surface area contributed by atoms with Crippen molar-refractivity contribution in [2.24, 2.45) is 0 Å². The Kier molecular flexibility index (Phi) is 6.56. The fraction of sp³-hybridized carbons (Fsp3) is 0.588. The Bertz CT molecular complexity index is 720. The molecule has 1 fully saturated rings. The van der Waals surface area contributed by atoms with Crippen molar-refractivity contribution in [3.8, 4) is 0 Å². The number of hydrogen-bond acceptors (Lipinski definition) is 5. The minimum Gasteiger partial charge on any atom is -0.480 e. The first-order chi connectivity index (χ1) is 11.6. The summed E-state index contributed by atoms with van der Waals surface area (Å²) in [5.74, 6) is -1.17. The highest BCUT2D eigenvalue weighted by atomic mass is 32.2. The van der Waals surface area contributed by atoms with Gasteiger partial charge in [0.2, 0.25) is 10.0 Å². The lowest BCUT2D eigenvalue weighted by molar-refractivity contribution is -0.137. The van der Waals surface area contributed by atoms with E-state index in [0.29, 0.717) is 13.2 Å². The first kappa shape index (κ1) is 19.8. The molecule has 8 heteroatoms. The van der Waals surface area contributed by atoms with Crippen LogP contribution in [-0.4, -0.2) is 73.8 Å². The minimum absolute atomic E-state index is 0.0500. The van der Waals surface area contributed by atoms with Crippen molar-refractivity contribution in [3.63, 3.8) is 0 Å². The van der Waals surface area contributed by atoms with Gasteiger partial charge in [0.1, 0.15) is 6.54 Å². The number of carboxylic acids is 1. The summed E-state index contributed by atoms with van der Waals surface area (Å²) in [6, 6.07) is 6.34. The van der Waals surface area contributed by atoms with Gasteiger partial charge in [0.25, 0.3) is 0 Å². The van der Waals surface area contributed by atoms with Gasteiger partial charge in [-0.15, -0.1) is 0 Å². The Morgan fingerprint density at radius 1 is 1.40 bits per heavy atom. The molecule has 1 saturated heterocycles. The van der Waals surface area contributed by atoms with Crippen LogP contribution in [0.5, 0.6) is 0 Å². The summed E-state index contributed by atoms with van der Waals surface area (Å²) >= 11 is 0. The largest absolute Gasteiger partial charge is 0.480 e. The summed E-state index contributed by atoms with van der Waals surface area (Å²) in [6.07, 6.45) is 0.681. The number of ether oxygens (including phenoxy) is 1. The second-order valence-corrected chi connectivity index (χ2v) is 8.59. The number of nitrogens with zero attached hydrogens (tertiary/aromatic N) is 2. The minimum atomic E-state index is -3.59. The van der Waals surface area contributed by atoms with E-state index in [1.807, 2.05) is 0 Å². The first-order valence-corrected chi connectivity index (χ1v) is 10.1. The van der Waals surface area contributed by atoms with Gasteiger partial charge in [0.15, 0.2) is 0 Å². The Morgan fingerprint density at radius 2 is 2.12 bits per heavy atom. The standard InChI is InChI=1S/C17H26N2O5S/c1-13-4-5-14(2)15(8-13)9-18-6-7-24-16(10-18)11-19(12-17(20)21)25(3,22)23/h4-5,8,16H,6-7,9-12H2,1-3H3,(H,20,21)/t16-/m1/s1. The lowest BCUT2D eigenvalue weighted by Crippen LogP contribution is -2.49. The first-order valence-electron chi connectivity index (χ1n) is 8.22. The molecule has 1 N–H and O–H groups in total. The number of carboxylic acid groups (broad SMARTS) is 1. The molecule has 1 aliphatic rings. The Hall–Kier alpha value is -1.48. The van der Waals surface area contributed by atoms with Gasteiger partial charge in [0, 0.05) is 26.2 Å². The van der Waals surface area contributed by atoms with Crippen molar-refractivity contribution in [1.82, 2.24) is 9.21 Å². The quantitative estimate of drug-likeness (QED) is 0.766. The predicted molar refractivity (Wildman–Crippen MR) is 95.0 cm³/mol. The number of hydrogen-bond donors (Lipinski definition) is 1. The van der Waals surface area contributed by atoms with E-state index in [0.717, 1.165) is 23.7 Å². The van der Waals surface area contributed by atoms with Crippen LogP contribution in [-0.2, 0) is 26.1 Å². The second-order valence-electron chi connectivity index (χ2n) is 6.61. The highest BCUT2D eigenvalue weighted by Crippen LogP contribution is 2.16. The number of benzene rings is 1. The zero-order chi connectivity index (χ0) is 18.6. The summed E-state index contributed by atoms with van der Waals surface area (Å²) in [5, 5.41) is 8.92. The van der Waals surface area contributed by atoms with Gasteiger partial charge in [-0.1, -0.05) is 23.8 Å². The fourth-order valence-corrected chi connectivity index (χ4v) is 3.72. The third-order valence-electron chi connectivity index (χ3n) is 4.31. The summed E-state index contributed by atoms with van der Waals surface area (Å²) in [7, 11) is -3.59. The van der Waals surface area contributed by atoms with Crippen LogP contribution >= 0.6 is 0 Å². The van der Waals surface area contributed by atoms with Crippen LogP contribution < -0.4 is 0 Å². The summed E-state index contributed by atoms with van der Waals surface area (Å²) < 4.78 is 30.2. The van der Waals surface area contributed by atoms with Crippen molar-refractivity contribution in [1.29, 1.82) is 0 Å². The van der Waals surface area contributed by atoms with Gasteiger partial charge in [-0.25, -0.2) is 8.42 Å². The van der Waals surface area contributed by atoms with Crippen LogP contribution in [0, 0.1) is 13.8 Å². The monoisotopic (exact) mass is 370 g/mol. The average molecular weight is 370 g/mol. The molecule has 1 atom stereocenters. The van der Waals surface area contributed by atoms with Crippen LogP contribution in [0.1, 0.15) is 16.7 Å². The van der Waals surface area contributed by atoms with E-state index in [-0.39, 0.29) is 12.6 Å². The molecule has 0 saturated carbocycles. The van der Waals surface area contributed by atoms with E-state index in [1.54, 1.807) is 0 Å². The summed E-state index contributed by atoms with van der Waals surface area (Å²) in [6.45, 7) is 6.24. The molecule has 1 aliphatic heterocycles. The maximum atomic E-state index is 11.8. The van der Waals surface area contributed by atoms with Crippen LogP contribution in [0.25, 0.3) is 0 Å². The highest BCUT2D eigenvalue weighted by molar-refractivity contribution is 7.88. The van der Waals surface area contributed by atoms with E-state index in [9.17, 15) is 13.2 Å². The van der Waals surface area contributed by atoms with Crippen LogP contribution in [0.3, 0.4) is 0 Å². The maximum Gasteiger partial charge on any atom is 0.318 e. The Labute approximate surface area is 149 Å². The van der Waals surface area contributed by atoms with Gasteiger partial charge in [-0.2, -0.15) is 4.31 Å². The zero-order valence-electron chi connectivity index (χ0n) is 14.9. The number of morpholine rings is 1. The Balaban J connectivity index is 2.02. The predicted octanol–water partition coefficient (Wildman–Crippen LogP) is 0.850. The average Bonchev–Trinajstić information content (AvgIpc) is 2.49. The lowest BCUT2D eigenvalue weighted by Gasteiger charge is -2.35. The number of rotatable bonds is 7. The van der Waals surface area contributed by atoms with Crippen molar-refractivity contribution in [2.75, 3.05) is 39.0 Å². The van der Waals surface area contributed by atoms with Crippen LogP contribution in [0.4, 0.5) is 0 Å². The van der Waals surface area contributed by atoms with E-state index >= 15 is 0 Å². The van der Waals surface area contributed by atoms with Gasteiger partial charge < -0.3 is 9.84 Å². The topological polar surface area (TPSA) is 87.2 Å². The molecule has 1 aromatic rings. The van der Waals surface area contributed by atoms with Gasteiger partial charge in [0.05, 0.1) is 19.0 Å². The third kappa shape index (κ3) is 6.07. The molecule has 0 aliphatic carbocycles. The number of aliphatic carboxylic acids is 1. The van der Waals surface area contributed by atoms with E-state index in [1.165, 1.54) is 16.7 Å². The number of carbonyl (C=O) groups is 1. The van der Waals surface area contributed by atoms with E-state index < -0.39 is 22.5 Å². The second kappa shape index (κ2) is 8.27. The summed E-state index contributed by atoms with van der Waals surface area (Å²) in [5.41, 5.74) is 3.67. The van der Waals surface area contributed by atoms with E-state index in [2.05, 4.69) is 36.9 Å². The number of sulfonamides is 1. The van der Waals surface area contributed by atoms with Gasteiger partial charge >= 0.3 is 5.97 Å². The third-order valence-corrected chi connectivity index (χ3v) is 5.53. The molecule has 1 aromatic carbocycles. The Morgan fingerprint density at radius 3 is 2.76 bits per heavy atom. The van der Waals surface area contributed by atoms with Gasteiger partial charge in [-0.3, -0.25) is 9.69 Å². The summed E-state index contributed by atoms with van der Waals surface area (Å²) in [4.78, 5) is 13.1. The molecule has 1 heterocycles. The molecular formula is C17H26N2O5S. The van der Waals surface area contributed by atoms with E-state index in [4.69, 9.17) is 9.84 Å². The van der Waals surface area contributed by atoms with Crippen molar-refractivity contribution >= 4 is 16.0 Å². The lowest BCUT2D eigenvalue weighted by atomic mass is 10.0. The molecule has 0 aromatic heterocycles. The molecule has 2 rings (SSSR count). The van der Waals surface area contributed by atoms with Gasteiger partial charge in [-0.05, 0) is 25.0 Å². The molecule has 0 spiro atoms. The molecule has 140 valence electrons. The SMILES string of the molecule is Cc1ccc(C)c(CN2CCO[C@@H](CN(CC(=O)O)S(C)(=O)=O)C2)c1. The molecule has 0 bridgehead atoms. The molecule has 0 unspecified atom stereocenters. The zero-order valence-corrected chi connectivity index (χ0v) is 15.8. The molecule has 7 nitrogen and oxygen atoms in total. The van der Waals surface area contributed by atoms with Crippen LogP contribution in [0.2, 0.25) is 0 Å². The molecule has 0 amide bonds. The van der Waals surface area contributed by atoms with Crippen molar-refractivity contribution in [2.45, 2.75) is 26.5 Å². The maximum absolute atomic E-state index is 11.8. The molecular weight excluding hydrogens is 344 g/mol. The smallest absolute Gasteiger partial charge is 0.318 e. The van der Waals surface area contributed by atoms with Crippen molar-refractivity contribution < 1.29 is 23.1 Å². The normalized spacial score (nSPS) is 19.3. The van der Waals surface area contributed by atoms with Crippen LogP contribution in [0.15, 0.2) is 18.2 Å². The van der Waals surface area contributed by atoms with Crippen molar-refractivity contribution in [3.05, 3.63) is 34.9 Å². The highest BCUT2D eigenvalue weighted by Gasteiger charge is 2.28.